The van der Waals surface area contributed by atoms with Gasteiger partial charge in [-0.1, -0.05) is 87.5 Å². The first-order valence-electron chi connectivity index (χ1n) is 16.6. The van der Waals surface area contributed by atoms with Crippen molar-refractivity contribution in [3.05, 3.63) is 101 Å². The highest BCUT2D eigenvalue weighted by atomic mass is 32.2. The molecule has 1 fully saturated rings. The number of rotatable bonds is 9. The number of fused-ring (bicyclic) bond motifs is 2. The normalized spacial score (nSPS) is 19.5. The van der Waals surface area contributed by atoms with E-state index < -0.39 is 35.1 Å². The highest BCUT2D eigenvalue weighted by Crippen LogP contribution is 2.45. The van der Waals surface area contributed by atoms with Gasteiger partial charge in [-0.2, -0.15) is 12.7 Å². The van der Waals surface area contributed by atoms with E-state index in [2.05, 4.69) is 26.8 Å². The minimum atomic E-state index is -4.60. The SMILES string of the molecule is CC(C)(C)[Si](c1ccccc1)(c1ccccc1)N(/C=C/[C@@]1(C)CCCN1C(=O)O)S(=O)(=O)N(C=O)c1c2c(cc3c1CCC3)CCC2. The van der Waals surface area contributed by atoms with Crippen LogP contribution in [0.4, 0.5) is 10.5 Å². The lowest BCUT2D eigenvalue weighted by Crippen LogP contribution is -2.75. The number of carboxylic acid groups (broad SMARTS) is 1. The van der Waals surface area contributed by atoms with Gasteiger partial charge in [-0.15, -0.1) is 0 Å². The Balaban J connectivity index is 1.67. The first-order chi connectivity index (χ1) is 22.4. The van der Waals surface area contributed by atoms with Crippen LogP contribution >= 0.6 is 0 Å². The fourth-order valence-electron chi connectivity index (χ4n) is 8.41. The molecule has 0 spiro atoms. The number of amides is 2. The molecule has 2 amide bonds. The standard InChI is InChI=1S/C37H45N3O5SSi/c1-36(2,3)47(30-16-7-5-8-17-30,31-18-9-6-10-19-31)40(25-23-37(4)22-13-24-38(37)35(42)43)46(44,45)39(27-41)34-32-20-11-14-28(32)26-29-15-12-21-33(29)34/h5-10,16-19,23,25-27H,11-15,20-22,24H2,1-4H3,(H,42,43)/b25-23+/t37-/m1/s1. The van der Waals surface area contributed by atoms with Crippen molar-refractivity contribution >= 4 is 47.0 Å². The molecule has 10 heteroatoms. The third-order valence-corrected chi connectivity index (χ3v) is 18.8. The maximum Gasteiger partial charge on any atom is 0.407 e. The zero-order chi connectivity index (χ0) is 33.6. The van der Waals surface area contributed by atoms with Crippen molar-refractivity contribution in [2.75, 3.05) is 10.8 Å². The van der Waals surface area contributed by atoms with E-state index in [1.807, 2.05) is 67.6 Å². The van der Waals surface area contributed by atoms with Gasteiger partial charge in [-0.05, 0) is 102 Å². The number of anilines is 1. The zero-order valence-corrected chi connectivity index (χ0v) is 29.6. The molecule has 8 nitrogen and oxygen atoms in total. The van der Waals surface area contributed by atoms with Crippen LogP contribution in [-0.2, 0) is 40.7 Å². The summed E-state index contributed by atoms with van der Waals surface area (Å²) in [5.74, 6) is 0. The fraction of sp³-hybridized carbons (Fsp3) is 0.405. The molecule has 3 aromatic rings. The molecular formula is C37H45N3O5SSi. The molecule has 1 N–H and O–H groups in total. The molecule has 0 radical (unpaired) electrons. The Morgan fingerprint density at radius 3 is 1.89 bits per heavy atom. The number of benzene rings is 3. The van der Waals surface area contributed by atoms with Gasteiger partial charge in [0.25, 0.3) is 0 Å². The van der Waals surface area contributed by atoms with Crippen molar-refractivity contribution in [2.45, 2.75) is 89.6 Å². The van der Waals surface area contributed by atoms with Crippen LogP contribution in [0.15, 0.2) is 79.0 Å². The van der Waals surface area contributed by atoms with Crippen LogP contribution < -0.4 is 14.7 Å². The zero-order valence-electron chi connectivity index (χ0n) is 27.8. The van der Waals surface area contributed by atoms with E-state index in [9.17, 15) is 14.7 Å². The topological polar surface area (TPSA) is 98.2 Å². The number of aryl methyl sites for hydroxylation is 2. The summed E-state index contributed by atoms with van der Waals surface area (Å²) in [6, 6.07) is 21.8. The van der Waals surface area contributed by atoms with Gasteiger partial charge in [-0.25, -0.2) is 4.79 Å². The molecule has 6 rings (SSSR count). The predicted molar refractivity (Wildman–Crippen MR) is 189 cm³/mol. The lowest BCUT2D eigenvalue weighted by Gasteiger charge is -2.50. The third kappa shape index (κ3) is 5.39. The lowest BCUT2D eigenvalue weighted by molar-refractivity contribution is -0.106. The van der Waals surface area contributed by atoms with E-state index in [1.165, 1.54) is 8.87 Å². The van der Waals surface area contributed by atoms with Crippen molar-refractivity contribution < 1.29 is 23.1 Å². The minimum absolute atomic E-state index is 0.366. The molecule has 3 aromatic carbocycles. The van der Waals surface area contributed by atoms with E-state index in [0.717, 1.165) is 75.5 Å². The fourth-order valence-corrected chi connectivity index (χ4v) is 17.4. The van der Waals surface area contributed by atoms with E-state index >= 15 is 8.42 Å². The van der Waals surface area contributed by atoms with E-state index in [0.29, 0.717) is 31.5 Å². The van der Waals surface area contributed by atoms with Gasteiger partial charge in [0.1, 0.15) is 0 Å². The molecule has 248 valence electrons. The molecule has 47 heavy (non-hydrogen) atoms. The molecular weight excluding hydrogens is 627 g/mol. The molecule has 3 aliphatic rings. The van der Waals surface area contributed by atoms with Gasteiger partial charge in [0.05, 0.1) is 11.2 Å². The second-order valence-electron chi connectivity index (χ2n) is 14.3. The molecule has 1 aliphatic heterocycles. The van der Waals surface area contributed by atoms with Gasteiger partial charge in [0.15, 0.2) is 0 Å². The van der Waals surface area contributed by atoms with Gasteiger partial charge in [0, 0.05) is 12.7 Å². The average Bonchev–Trinajstić information content (AvgIpc) is 3.79. The number of hydrogen-bond donors (Lipinski definition) is 1. The van der Waals surface area contributed by atoms with Crippen molar-refractivity contribution in [2.24, 2.45) is 0 Å². The number of carbonyl (C=O) groups excluding carboxylic acids is 1. The maximum absolute atomic E-state index is 15.7. The summed E-state index contributed by atoms with van der Waals surface area (Å²) < 4.78 is 33.9. The number of likely N-dealkylation sites (tertiary alicyclic amines) is 1. The van der Waals surface area contributed by atoms with Crippen LogP contribution in [0.2, 0.25) is 5.04 Å². The van der Waals surface area contributed by atoms with Crippen LogP contribution in [0, 0.1) is 0 Å². The van der Waals surface area contributed by atoms with Crippen molar-refractivity contribution in [3.63, 3.8) is 0 Å². The Hall–Kier alpha value is -3.89. The molecule has 0 aromatic heterocycles. The molecule has 2 aliphatic carbocycles. The predicted octanol–water partition coefficient (Wildman–Crippen LogP) is 5.78. The van der Waals surface area contributed by atoms with Gasteiger partial charge in [-0.3, -0.25) is 13.7 Å². The van der Waals surface area contributed by atoms with E-state index in [4.69, 9.17) is 0 Å². The summed E-state index contributed by atoms with van der Waals surface area (Å²) >= 11 is 0. The number of carbonyl (C=O) groups is 2. The van der Waals surface area contributed by atoms with Crippen LogP contribution in [0.3, 0.4) is 0 Å². The highest BCUT2D eigenvalue weighted by molar-refractivity contribution is 7.93. The van der Waals surface area contributed by atoms with Crippen LogP contribution in [0.25, 0.3) is 0 Å². The summed E-state index contributed by atoms with van der Waals surface area (Å²) in [4.78, 5) is 27.1. The molecule has 1 heterocycles. The van der Waals surface area contributed by atoms with Gasteiger partial charge >= 0.3 is 16.3 Å². The molecule has 0 bridgehead atoms. The average molecular weight is 672 g/mol. The Morgan fingerprint density at radius 1 is 0.894 bits per heavy atom. The highest BCUT2D eigenvalue weighted by Gasteiger charge is 2.58. The Bertz CT molecular complexity index is 1740. The number of hydrogen-bond acceptors (Lipinski definition) is 4. The smallest absolute Gasteiger partial charge is 0.407 e. The maximum atomic E-state index is 15.7. The summed E-state index contributed by atoms with van der Waals surface area (Å²) in [6.45, 7) is 8.42. The summed E-state index contributed by atoms with van der Waals surface area (Å²) in [7, 11) is -8.23. The van der Waals surface area contributed by atoms with E-state index in [1.54, 1.807) is 12.3 Å². The summed E-state index contributed by atoms with van der Waals surface area (Å²) in [5.41, 5.74) is 3.77. The van der Waals surface area contributed by atoms with Crippen molar-refractivity contribution in [3.8, 4) is 0 Å². The second-order valence-corrected chi connectivity index (χ2v) is 20.9. The van der Waals surface area contributed by atoms with Gasteiger partial charge < -0.3 is 5.11 Å². The van der Waals surface area contributed by atoms with Crippen molar-refractivity contribution in [1.82, 2.24) is 8.87 Å². The Kier molecular flexibility index (Phi) is 8.63. The lowest BCUT2D eigenvalue weighted by atomic mass is 9.99. The molecule has 0 unspecified atom stereocenters. The first-order valence-corrected chi connectivity index (χ1v) is 20.0. The Labute approximate surface area is 280 Å². The molecule has 1 saturated heterocycles. The van der Waals surface area contributed by atoms with Crippen molar-refractivity contribution in [1.29, 1.82) is 0 Å². The minimum Gasteiger partial charge on any atom is -0.465 e. The van der Waals surface area contributed by atoms with Crippen LogP contribution in [0.1, 0.15) is 75.6 Å². The largest absolute Gasteiger partial charge is 0.465 e. The second kappa shape index (κ2) is 12.3. The molecule has 0 saturated carbocycles. The molecule has 1 atom stereocenters. The summed E-state index contributed by atoms with van der Waals surface area (Å²) in [6.07, 6.45) is 9.02. The monoisotopic (exact) mass is 671 g/mol. The quantitative estimate of drug-likeness (QED) is 0.230. The van der Waals surface area contributed by atoms with Gasteiger partial charge in [0.2, 0.25) is 14.6 Å². The van der Waals surface area contributed by atoms with E-state index in [-0.39, 0.29) is 0 Å². The first kappa shape index (κ1) is 33.0. The number of nitrogens with zero attached hydrogens (tertiary/aromatic N) is 3. The third-order valence-electron chi connectivity index (χ3n) is 10.5. The van der Waals surface area contributed by atoms with Crippen LogP contribution in [-0.4, -0.2) is 55.2 Å². The summed E-state index contributed by atoms with van der Waals surface area (Å²) in [5, 5.41) is 11.2. The van der Waals surface area contributed by atoms with Crippen LogP contribution in [0.5, 0.6) is 0 Å². The Morgan fingerprint density at radius 2 is 1.43 bits per heavy atom.